The lowest BCUT2D eigenvalue weighted by Crippen LogP contribution is -2.18. The van der Waals surface area contributed by atoms with Gasteiger partial charge in [0.25, 0.3) is 0 Å². The number of methoxy groups -OCH3 is 1. The second-order valence-electron chi connectivity index (χ2n) is 4.98. The Labute approximate surface area is 128 Å². The summed E-state index contributed by atoms with van der Waals surface area (Å²) in [7, 11) is 1.39. The normalized spacial score (nSPS) is 16.9. The summed E-state index contributed by atoms with van der Waals surface area (Å²) in [6.45, 7) is 0. The Morgan fingerprint density at radius 2 is 1.95 bits per heavy atom. The summed E-state index contributed by atoms with van der Waals surface area (Å²) in [6, 6.07) is 16.3. The van der Waals surface area contributed by atoms with E-state index < -0.39 is 0 Å². The maximum absolute atomic E-state index is 11.4. The van der Waals surface area contributed by atoms with Crippen LogP contribution in [0.1, 0.15) is 27.5 Å². The van der Waals surface area contributed by atoms with Crippen molar-refractivity contribution in [2.75, 3.05) is 18.2 Å². The second kappa shape index (κ2) is 6.22. The number of ether oxygens (including phenoxy) is 1. The summed E-state index contributed by atoms with van der Waals surface area (Å²) in [5.41, 5.74) is 4.36. The summed E-state index contributed by atoms with van der Waals surface area (Å²) in [6.07, 6.45) is 0. The average molecular weight is 299 g/mol. The molecule has 0 saturated carbocycles. The molecular weight excluding hydrogens is 282 g/mol. The Morgan fingerprint density at radius 3 is 2.71 bits per heavy atom. The van der Waals surface area contributed by atoms with Gasteiger partial charge in [-0.15, -0.1) is 0 Å². The molecule has 1 aliphatic heterocycles. The summed E-state index contributed by atoms with van der Waals surface area (Å²) >= 11 is 1.94. The van der Waals surface area contributed by atoms with Crippen molar-refractivity contribution in [1.29, 1.82) is 0 Å². The molecule has 2 aromatic carbocycles. The van der Waals surface area contributed by atoms with E-state index in [9.17, 15) is 4.79 Å². The van der Waals surface area contributed by atoms with Crippen LogP contribution in [0, 0.1) is 0 Å². The van der Waals surface area contributed by atoms with Gasteiger partial charge in [0.1, 0.15) is 0 Å². The van der Waals surface area contributed by atoms with Crippen molar-refractivity contribution in [2.24, 2.45) is 0 Å². The standard InChI is InChI=1S/C17H17NO2S/c1-20-17(19)12-6-8-14(9-7-12)18-16-11-21-10-13-4-2-3-5-15(13)16/h2-9,16,18H,10-11H2,1H3. The highest BCUT2D eigenvalue weighted by molar-refractivity contribution is 7.98. The van der Waals surface area contributed by atoms with Crippen LogP contribution in [0.3, 0.4) is 0 Å². The number of hydrogen-bond acceptors (Lipinski definition) is 4. The zero-order valence-electron chi connectivity index (χ0n) is 11.8. The fourth-order valence-corrected chi connectivity index (χ4v) is 3.62. The van der Waals surface area contributed by atoms with Gasteiger partial charge in [-0.3, -0.25) is 0 Å². The third kappa shape index (κ3) is 3.05. The van der Waals surface area contributed by atoms with Crippen LogP contribution in [0.2, 0.25) is 0 Å². The van der Waals surface area contributed by atoms with Crippen LogP contribution < -0.4 is 5.32 Å². The maximum Gasteiger partial charge on any atom is 0.337 e. The SMILES string of the molecule is COC(=O)c1ccc(NC2CSCc3ccccc32)cc1. The Hall–Kier alpha value is -1.94. The number of thioether (sulfide) groups is 1. The van der Waals surface area contributed by atoms with Gasteiger partial charge in [0.2, 0.25) is 0 Å². The van der Waals surface area contributed by atoms with Crippen molar-refractivity contribution in [2.45, 2.75) is 11.8 Å². The third-order valence-corrected chi connectivity index (χ3v) is 4.70. The lowest BCUT2D eigenvalue weighted by molar-refractivity contribution is 0.0601. The van der Waals surface area contributed by atoms with Gasteiger partial charge in [0.05, 0.1) is 18.7 Å². The average Bonchev–Trinajstić information content (AvgIpc) is 2.55. The van der Waals surface area contributed by atoms with E-state index in [1.807, 2.05) is 23.9 Å². The molecule has 0 spiro atoms. The second-order valence-corrected chi connectivity index (χ2v) is 6.01. The zero-order valence-corrected chi connectivity index (χ0v) is 12.7. The number of hydrogen-bond donors (Lipinski definition) is 1. The molecule has 0 radical (unpaired) electrons. The smallest absolute Gasteiger partial charge is 0.337 e. The number of benzene rings is 2. The Morgan fingerprint density at radius 1 is 1.19 bits per heavy atom. The number of rotatable bonds is 3. The fraction of sp³-hybridized carbons (Fsp3) is 0.235. The van der Waals surface area contributed by atoms with Crippen LogP contribution in [0.15, 0.2) is 48.5 Å². The van der Waals surface area contributed by atoms with Crippen LogP contribution in [-0.4, -0.2) is 18.8 Å². The molecule has 0 fully saturated rings. The number of esters is 1. The van der Waals surface area contributed by atoms with Crippen LogP contribution in [-0.2, 0) is 10.5 Å². The molecule has 4 heteroatoms. The minimum Gasteiger partial charge on any atom is -0.465 e. The van der Waals surface area contributed by atoms with E-state index in [4.69, 9.17) is 4.74 Å². The minimum absolute atomic E-state index is 0.305. The van der Waals surface area contributed by atoms with E-state index in [1.54, 1.807) is 12.1 Å². The number of fused-ring (bicyclic) bond motifs is 1. The minimum atomic E-state index is -0.305. The summed E-state index contributed by atoms with van der Waals surface area (Å²) in [5.74, 6) is 1.82. The summed E-state index contributed by atoms with van der Waals surface area (Å²) < 4.78 is 4.71. The molecule has 0 bridgehead atoms. The highest BCUT2D eigenvalue weighted by atomic mass is 32.2. The molecule has 1 N–H and O–H groups in total. The molecule has 1 heterocycles. The van der Waals surface area contributed by atoms with Gasteiger partial charge in [-0.25, -0.2) is 4.79 Å². The molecular formula is C17H17NO2S. The first kappa shape index (κ1) is 14.0. The van der Waals surface area contributed by atoms with Crippen molar-refractivity contribution in [1.82, 2.24) is 0 Å². The largest absolute Gasteiger partial charge is 0.465 e. The van der Waals surface area contributed by atoms with Crippen molar-refractivity contribution in [3.8, 4) is 0 Å². The monoisotopic (exact) mass is 299 g/mol. The van der Waals surface area contributed by atoms with E-state index >= 15 is 0 Å². The molecule has 21 heavy (non-hydrogen) atoms. The van der Waals surface area contributed by atoms with Crippen LogP contribution in [0.4, 0.5) is 5.69 Å². The van der Waals surface area contributed by atoms with Crippen molar-refractivity contribution >= 4 is 23.4 Å². The highest BCUT2D eigenvalue weighted by Crippen LogP contribution is 2.33. The molecule has 108 valence electrons. The molecule has 0 amide bonds. The van der Waals surface area contributed by atoms with Crippen molar-refractivity contribution in [3.63, 3.8) is 0 Å². The number of anilines is 1. The number of nitrogens with one attached hydrogen (secondary N) is 1. The molecule has 2 aromatic rings. The first-order valence-electron chi connectivity index (χ1n) is 6.88. The Kier molecular flexibility index (Phi) is 4.15. The molecule has 1 atom stereocenters. The van der Waals surface area contributed by atoms with E-state index in [0.717, 1.165) is 17.2 Å². The molecule has 3 nitrogen and oxygen atoms in total. The number of carbonyl (C=O) groups is 1. The zero-order chi connectivity index (χ0) is 14.7. The van der Waals surface area contributed by atoms with Crippen LogP contribution in [0.5, 0.6) is 0 Å². The van der Waals surface area contributed by atoms with Crippen molar-refractivity contribution in [3.05, 3.63) is 65.2 Å². The highest BCUT2D eigenvalue weighted by Gasteiger charge is 2.19. The molecule has 1 unspecified atom stereocenters. The van der Waals surface area contributed by atoms with Gasteiger partial charge in [-0.1, -0.05) is 24.3 Å². The maximum atomic E-state index is 11.4. The summed E-state index contributed by atoms with van der Waals surface area (Å²) in [4.78, 5) is 11.4. The van der Waals surface area contributed by atoms with Gasteiger partial charge in [-0.05, 0) is 35.4 Å². The van der Waals surface area contributed by atoms with Gasteiger partial charge in [0.15, 0.2) is 0 Å². The molecule has 1 aliphatic rings. The van der Waals surface area contributed by atoms with Crippen molar-refractivity contribution < 1.29 is 9.53 Å². The van der Waals surface area contributed by atoms with Crippen LogP contribution >= 0.6 is 11.8 Å². The van der Waals surface area contributed by atoms with Gasteiger partial charge in [-0.2, -0.15) is 11.8 Å². The topological polar surface area (TPSA) is 38.3 Å². The van der Waals surface area contributed by atoms with E-state index in [0.29, 0.717) is 11.6 Å². The van der Waals surface area contributed by atoms with Crippen LogP contribution in [0.25, 0.3) is 0 Å². The van der Waals surface area contributed by atoms with E-state index in [-0.39, 0.29) is 5.97 Å². The quantitative estimate of drug-likeness (QED) is 0.873. The van der Waals surface area contributed by atoms with Gasteiger partial charge >= 0.3 is 5.97 Å². The molecule has 0 aliphatic carbocycles. The van der Waals surface area contributed by atoms with E-state index in [1.165, 1.54) is 18.2 Å². The molecule has 0 saturated heterocycles. The van der Waals surface area contributed by atoms with Gasteiger partial charge in [0, 0.05) is 17.2 Å². The first-order chi connectivity index (χ1) is 10.3. The van der Waals surface area contributed by atoms with Gasteiger partial charge < -0.3 is 10.1 Å². The Bertz CT molecular complexity index is 639. The number of carbonyl (C=O) groups excluding carboxylic acids is 1. The fourth-order valence-electron chi connectivity index (χ4n) is 2.52. The Balaban J connectivity index is 1.77. The van der Waals surface area contributed by atoms with E-state index in [2.05, 4.69) is 29.6 Å². The molecule has 3 rings (SSSR count). The lowest BCUT2D eigenvalue weighted by Gasteiger charge is -2.27. The third-order valence-electron chi connectivity index (χ3n) is 3.62. The molecule has 0 aromatic heterocycles. The lowest BCUT2D eigenvalue weighted by atomic mass is 10.0. The predicted molar refractivity (Wildman–Crippen MR) is 86.7 cm³/mol. The summed E-state index contributed by atoms with van der Waals surface area (Å²) in [5, 5.41) is 3.55. The predicted octanol–water partition coefficient (Wildman–Crippen LogP) is 3.87. The first-order valence-corrected chi connectivity index (χ1v) is 8.04.